The Morgan fingerprint density at radius 2 is 1.63 bits per heavy atom. The van der Waals surface area contributed by atoms with Crippen molar-refractivity contribution in [2.45, 2.75) is 71.1 Å². The van der Waals surface area contributed by atoms with E-state index >= 15 is 0 Å². The molecule has 0 unspecified atom stereocenters. The van der Waals surface area contributed by atoms with Crippen molar-refractivity contribution in [2.24, 2.45) is 0 Å². The Hall–Kier alpha value is -4.52. The molecule has 7 nitrogen and oxygen atoms in total. The van der Waals surface area contributed by atoms with Gasteiger partial charge in [-0.2, -0.15) is 4.58 Å². The SMILES string of the molecule is Cc1ccc2c(c1)C(C)(C)\C(=C/C=C/C=C/C1=[N+](CCCCCC(=O)NCCN3C(=O)C=CC3=O)c3ccccc3C1(C)C)N2C. The van der Waals surface area contributed by atoms with Gasteiger partial charge in [0.2, 0.25) is 11.6 Å². The first-order chi connectivity index (χ1) is 21.9. The van der Waals surface area contributed by atoms with Gasteiger partial charge < -0.3 is 10.2 Å². The van der Waals surface area contributed by atoms with E-state index in [0.29, 0.717) is 6.42 Å². The largest absolute Gasteiger partial charge is 0.354 e. The van der Waals surface area contributed by atoms with Gasteiger partial charge in [-0.25, -0.2) is 0 Å². The van der Waals surface area contributed by atoms with Gasteiger partial charge in [0.25, 0.3) is 11.8 Å². The maximum absolute atomic E-state index is 12.3. The smallest absolute Gasteiger partial charge is 0.253 e. The Labute approximate surface area is 273 Å². The highest BCUT2D eigenvalue weighted by atomic mass is 16.2. The van der Waals surface area contributed by atoms with E-state index in [1.54, 1.807) is 0 Å². The average Bonchev–Trinajstić information content (AvgIpc) is 3.52. The molecular weight excluding hydrogens is 572 g/mol. The van der Waals surface area contributed by atoms with Gasteiger partial charge in [-0.05, 0) is 51.3 Å². The molecule has 0 atom stereocenters. The number of imide groups is 1. The summed E-state index contributed by atoms with van der Waals surface area (Å²) >= 11 is 0. The number of fused-ring (bicyclic) bond motifs is 2. The van der Waals surface area contributed by atoms with Crippen molar-refractivity contribution >= 4 is 34.8 Å². The summed E-state index contributed by atoms with van der Waals surface area (Å²) in [6.07, 6.45) is 16.5. The summed E-state index contributed by atoms with van der Waals surface area (Å²) in [6, 6.07) is 15.3. The van der Waals surface area contributed by atoms with E-state index in [1.165, 1.54) is 51.6 Å². The Morgan fingerprint density at radius 3 is 2.39 bits per heavy atom. The molecule has 3 heterocycles. The van der Waals surface area contributed by atoms with Crippen LogP contribution in [0.25, 0.3) is 0 Å². The lowest BCUT2D eigenvalue weighted by Gasteiger charge is -2.23. The number of carbonyl (C=O) groups is 3. The zero-order valence-electron chi connectivity index (χ0n) is 28.1. The number of aryl methyl sites for hydroxylation is 1. The van der Waals surface area contributed by atoms with Crippen molar-refractivity contribution in [1.29, 1.82) is 0 Å². The van der Waals surface area contributed by atoms with Gasteiger partial charge >= 0.3 is 0 Å². The molecule has 0 radical (unpaired) electrons. The predicted octanol–water partition coefficient (Wildman–Crippen LogP) is 6.40. The fourth-order valence-corrected chi connectivity index (χ4v) is 6.97. The first kappa shape index (κ1) is 32.9. The third-order valence-corrected chi connectivity index (χ3v) is 9.56. The molecule has 0 fully saturated rings. The summed E-state index contributed by atoms with van der Waals surface area (Å²) in [5.74, 6) is -0.705. The van der Waals surface area contributed by atoms with Gasteiger partial charge in [-0.15, -0.1) is 0 Å². The van der Waals surface area contributed by atoms with Gasteiger partial charge in [0.15, 0.2) is 5.71 Å². The topological polar surface area (TPSA) is 72.7 Å². The van der Waals surface area contributed by atoms with Crippen molar-refractivity contribution in [3.63, 3.8) is 0 Å². The van der Waals surface area contributed by atoms with Crippen LogP contribution >= 0.6 is 0 Å². The molecule has 1 N–H and O–H groups in total. The third-order valence-electron chi connectivity index (χ3n) is 9.56. The van der Waals surface area contributed by atoms with Crippen LogP contribution in [0, 0.1) is 6.92 Å². The summed E-state index contributed by atoms with van der Waals surface area (Å²) in [6.45, 7) is 12.7. The van der Waals surface area contributed by atoms with Crippen LogP contribution in [0.3, 0.4) is 0 Å². The molecule has 3 aliphatic heterocycles. The lowest BCUT2D eigenvalue weighted by molar-refractivity contribution is -0.438. The number of rotatable bonds is 12. The number of likely N-dealkylation sites (N-methyl/N-ethyl adjacent to an activating group) is 1. The van der Waals surface area contributed by atoms with Crippen LogP contribution in [-0.2, 0) is 25.2 Å². The van der Waals surface area contributed by atoms with E-state index in [-0.39, 0.29) is 41.6 Å². The van der Waals surface area contributed by atoms with Crippen LogP contribution in [0.4, 0.5) is 11.4 Å². The number of unbranched alkanes of at least 4 members (excludes halogenated alkanes) is 2. The van der Waals surface area contributed by atoms with Gasteiger partial charge in [-0.1, -0.05) is 68.0 Å². The number of nitrogens with zero attached hydrogens (tertiary/aromatic N) is 3. The predicted molar refractivity (Wildman–Crippen MR) is 186 cm³/mol. The molecule has 0 spiro atoms. The molecule has 0 bridgehead atoms. The summed E-state index contributed by atoms with van der Waals surface area (Å²) in [5, 5.41) is 2.83. The average molecular weight is 620 g/mol. The quantitative estimate of drug-likeness (QED) is 0.129. The fourth-order valence-electron chi connectivity index (χ4n) is 6.97. The van der Waals surface area contributed by atoms with E-state index in [1.807, 2.05) is 0 Å². The molecule has 0 aromatic heterocycles. The van der Waals surface area contributed by atoms with Crippen LogP contribution in [0.1, 0.15) is 70.1 Å². The normalized spacial score (nSPS) is 19.0. The molecule has 240 valence electrons. The molecule has 3 aliphatic rings. The van der Waals surface area contributed by atoms with Crippen molar-refractivity contribution in [1.82, 2.24) is 10.2 Å². The Balaban J connectivity index is 1.19. The van der Waals surface area contributed by atoms with E-state index in [0.717, 1.165) is 30.7 Å². The van der Waals surface area contributed by atoms with Gasteiger partial charge in [0.1, 0.15) is 6.54 Å². The maximum atomic E-state index is 12.3. The van der Waals surface area contributed by atoms with Crippen molar-refractivity contribution in [3.05, 3.63) is 107 Å². The number of anilines is 1. The number of amides is 3. The van der Waals surface area contributed by atoms with Gasteiger partial charge in [0, 0.05) is 79.6 Å². The zero-order chi connectivity index (χ0) is 33.1. The molecule has 0 aliphatic carbocycles. The standard InChI is InChI=1S/C39H46N4O3/c1-28-20-21-31-30(27-28)39(4,5)33(41(31)6)17-9-7-10-18-34-38(2,3)29-15-12-13-16-32(29)42(34)25-14-8-11-19-35(44)40-24-26-43-36(45)22-23-37(43)46/h7,9-10,12-13,15-18,20-23,27H,8,11,14,19,24-26H2,1-6H3/p+1. The molecule has 2 aromatic rings. The summed E-state index contributed by atoms with van der Waals surface area (Å²) in [7, 11) is 2.15. The second-order valence-corrected chi connectivity index (χ2v) is 13.5. The Kier molecular flexibility index (Phi) is 9.61. The number of carbonyl (C=O) groups excluding carboxylic acids is 3. The summed E-state index contributed by atoms with van der Waals surface area (Å²) in [4.78, 5) is 39.1. The molecule has 2 aromatic carbocycles. The minimum Gasteiger partial charge on any atom is -0.354 e. The minimum atomic E-state index is -0.326. The number of benzene rings is 2. The summed E-state index contributed by atoms with van der Waals surface area (Å²) in [5.41, 5.74) is 8.87. The van der Waals surface area contributed by atoms with Crippen molar-refractivity contribution in [3.8, 4) is 0 Å². The number of hydrogen-bond donors (Lipinski definition) is 1. The van der Waals surface area contributed by atoms with Gasteiger partial charge in [-0.3, -0.25) is 19.3 Å². The van der Waals surface area contributed by atoms with Crippen LogP contribution in [0.2, 0.25) is 0 Å². The molecule has 0 saturated heterocycles. The fraction of sp³-hybridized carbons (Fsp3) is 0.385. The molecule has 0 saturated carbocycles. The molecule has 46 heavy (non-hydrogen) atoms. The molecule has 7 heteroatoms. The van der Waals surface area contributed by atoms with Crippen molar-refractivity contribution in [2.75, 3.05) is 31.6 Å². The summed E-state index contributed by atoms with van der Waals surface area (Å²) < 4.78 is 2.43. The van der Waals surface area contributed by atoms with Crippen LogP contribution in [0.5, 0.6) is 0 Å². The Bertz CT molecular complexity index is 1670. The van der Waals surface area contributed by atoms with Crippen molar-refractivity contribution < 1.29 is 19.0 Å². The lowest BCUT2D eigenvalue weighted by Crippen LogP contribution is -2.38. The van der Waals surface area contributed by atoms with Crippen LogP contribution in [0.15, 0.2) is 90.7 Å². The van der Waals surface area contributed by atoms with E-state index in [2.05, 4.69) is 129 Å². The Morgan fingerprint density at radius 1 is 0.891 bits per heavy atom. The van der Waals surface area contributed by atoms with E-state index in [4.69, 9.17) is 0 Å². The highest BCUT2D eigenvalue weighted by Gasteiger charge is 2.43. The number of nitrogens with one attached hydrogen (secondary N) is 1. The molecular formula is C39H47N4O3+. The van der Waals surface area contributed by atoms with E-state index < -0.39 is 0 Å². The first-order valence-electron chi connectivity index (χ1n) is 16.4. The first-order valence-corrected chi connectivity index (χ1v) is 16.4. The maximum Gasteiger partial charge on any atom is 0.253 e. The number of allylic oxidation sites excluding steroid dienone is 6. The molecule has 5 rings (SSSR count). The monoisotopic (exact) mass is 619 g/mol. The lowest BCUT2D eigenvalue weighted by atomic mass is 9.81. The second kappa shape index (κ2) is 13.5. The third kappa shape index (κ3) is 6.55. The molecule has 3 amide bonds. The van der Waals surface area contributed by atoms with E-state index in [9.17, 15) is 14.4 Å². The minimum absolute atomic E-state index is 0.0529. The highest BCUT2D eigenvalue weighted by molar-refractivity contribution is 6.12. The van der Waals surface area contributed by atoms with Crippen LogP contribution < -0.4 is 10.2 Å². The zero-order valence-corrected chi connectivity index (χ0v) is 28.1. The number of hydrogen-bond acceptors (Lipinski definition) is 4. The highest BCUT2D eigenvalue weighted by Crippen LogP contribution is 2.47. The van der Waals surface area contributed by atoms with Crippen LogP contribution in [-0.4, -0.2) is 59.6 Å². The second-order valence-electron chi connectivity index (χ2n) is 13.5. The van der Waals surface area contributed by atoms with Gasteiger partial charge in [0.05, 0.1) is 5.41 Å². The number of para-hydroxylation sites is 1.